The van der Waals surface area contributed by atoms with Crippen LogP contribution >= 0.6 is 0 Å². The SMILES string of the molecule is Cc1ccc(S(=O)(=O)n2c(C(=O)C(C#N)=CN(C)C)cc3ccc(C(C)C)cc32)cc1. The fourth-order valence-corrected chi connectivity index (χ4v) is 4.82. The van der Waals surface area contributed by atoms with E-state index in [-0.39, 0.29) is 22.1 Å². The second kappa shape index (κ2) is 8.40. The normalized spacial score (nSPS) is 12.2. The van der Waals surface area contributed by atoms with Crippen LogP contribution in [0.3, 0.4) is 0 Å². The smallest absolute Gasteiger partial charge is 0.268 e. The van der Waals surface area contributed by atoms with Gasteiger partial charge in [0.05, 0.1) is 10.4 Å². The van der Waals surface area contributed by atoms with Gasteiger partial charge in [-0.05, 0) is 42.7 Å². The molecule has 1 heterocycles. The van der Waals surface area contributed by atoms with Crippen LogP contribution in [0.5, 0.6) is 0 Å². The Bertz CT molecular complexity index is 1320. The first kappa shape index (κ1) is 22.3. The van der Waals surface area contributed by atoms with E-state index in [0.29, 0.717) is 10.9 Å². The second-order valence-corrected chi connectivity index (χ2v) is 9.82. The maximum absolute atomic E-state index is 13.7. The topological polar surface area (TPSA) is 83.2 Å². The summed E-state index contributed by atoms with van der Waals surface area (Å²) in [5, 5.41) is 10.1. The number of carbonyl (C=O) groups excluding carboxylic acids is 1. The van der Waals surface area contributed by atoms with Gasteiger partial charge >= 0.3 is 0 Å². The Morgan fingerprint density at radius 1 is 1.10 bits per heavy atom. The van der Waals surface area contributed by atoms with Crippen molar-refractivity contribution in [2.75, 3.05) is 14.1 Å². The summed E-state index contributed by atoms with van der Waals surface area (Å²) in [4.78, 5) is 14.9. The molecular formula is C24H25N3O3S. The first-order valence-corrected chi connectivity index (χ1v) is 11.3. The summed E-state index contributed by atoms with van der Waals surface area (Å²) in [6, 6.07) is 15.4. The zero-order valence-electron chi connectivity index (χ0n) is 18.2. The second-order valence-electron chi connectivity index (χ2n) is 8.03. The largest absolute Gasteiger partial charge is 0.382 e. The number of Topliss-reactive ketones (excluding diaryl/α,β-unsaturated/α-hetero) is 1. The predicted octanol–water partition coefficient (Wildman–Crippen LogP) is 4.46. The van der Waals surface area contributed by atoms with Gasteiger partial charge in [-0.15, -0.1) is 0 Å². The van der Waals surface area contributed by atoms with E-state index in [2.05, 4.69) is 0 Å². The summed E-state index contributed by atoms with van der Waals surface area (Å²) in [6.45, 7) is 5.90. The van der Waals surface area contributed by atoms with E-state index in [0.717, 1.165) is 15.1 Å². The van der Waals surface area contributed by atoms with Gasteiger partial charge in [0, 0.05) is 25.7 Å². The minimum Gasteiger partial charge on any atom is -0.382 e. The van der Waals surface area contributed by atoms with Gasteiger partial charge in [0.2, 0.25) is 5.78 Å². The predicted molar refractivity (Wildman–Crippen MR) is 122 cm³/mol. The molecule has 0 bridgehead atoms. The van der Waals surface area contributed by atoms with Crippen molar-refractivity contribution < 1.29 is 13.2 Å². The molecule has 0 amide bonds. The number of hydrogen-bond donors (Lipinski definition) is 0. The summed E-state index contributed by atoms with van der Waals surface area (Å²) in [6.07, 6.45) is 1.39. The molecule has 1 aromatic heterocycles. The quantitative estimate of drug-likeness (QED) is 0.324. The first-order chi connectivity index (χ1) is 14.6. The van der Waals surface area contributed by atoms with Crippen LogP contribution in [0, 0.1) is 18.3 Å². The highest BCUT2D eigenvalue weighted by molar-refractivity contribution is 7.90. The van der Waals surface area contributed by atoms with Crippen molar-refractivity contribution in [3.8, 4) is 6.07 Å². The van der Waals surface area contributed by atoms with Crippen LogP contribution in [0.4, 0.5) is 0 Å². The van der Waals surface area contributed by atoms with Crippen LogP contribution in [0.15, 0.2) is 65.2 Å². The van der Waals surface area contributed by atoms with Crippen LogP contribution in [-0.4, -0.2) is 37.2 Å². The minimum atomic E-state index is -4.08. The lowest BCUT2D eigenvalue weighted by Gasteiger charge is -2.13. The third-order valence-corrected chi connectivity index (χ3v) is 6.74. The van der Waals surface area contributed by atoms with Gasteiger partial charge in [0.1, 0.15) is 17.3 Å². The van der Waals surface area contributed by atoms with E-state index in [4.69, 9.17) is 0 Å². The molecule has 0 spiro atoms. The molecule has 6 nitrogen and oxygen atoms in total. The molecule has 0 radical (unpaired) electrons. The molecule has 31 heavy (non-hydrogen) atoms. The lowest BCUT2D eigenvalue weighted by molar-refractivity contribution is 0.103. The lowest BCUT2D eigenvalue weighted by Crippen LogP contribution is -2.20. The highest BCUT2D eigenvalue weighted by Crippen LogP contribution is 2.30. The molecule has 0 N–H and O–H groups in total. The zero-order chi connectivity index (χ0) is 22.9. The van der Waals surface area contributed by atoms with Crippen molar-refractivity contribution >= 4 is 26.7 Å². The Morgan fingerprint density at radius 2 is 1.74 bits per heavy atom. The molecule has 0 aliphatic heterocycles. The Hall–Kier alpha value is -3.37. The van der Waals surface area contributed by atoms with Gasteiger partial charge in [0.15, 0.2) is 0 Å². The van der Waals surface area contributed by atoms with Gasteiger partial charge in [0.25, 0.3) is 10.0 Å². The summed E-state index contributed by atoms with van der Waals surface area (Å²) >= 11 is 0. The number of ketones is 1. The molecule has 3 rings (SSSR count). The number of aromatic nitrogens is 1. The van der Waals surface area contributed by atoms with Crippen LogP contribution in [0.2, 0.25) is 0 Å². The highest BCUT2D eigenvalue weighted by atomic mass is 32.2. The molecule has 3 aromatic rings. The van der Waals surface area contributed by atoms with Crippen molar-refractivity contribution in [3.05, 3.63) is 77.1 Å². The number of nitriles is 1. The van der Waals surface area contributed by atoms with Gasteiger partial charge in [-0.1, -0.05) is 43.7 Å². The first-order valence-electron chi connectivity index (χ1n) is 9.87. The van der Waals surface area contributed by atoms with Crippen LogP contribution in [-0.2, 0) is 10.0 Å². The third kappa shape index (κ3) is 4.25. The van der Waals surface area contributed by atoms with Gasteiger partial charge < -0.3 is 4.90 Å². The van der Waals surface area contributed by atoms with E-state index >= 15 is 0 Å². The monoisotopic (exact) mass is 435 g/mol. The minimum absolute atomic E-state index is 0.0638. The number of rotatable bonds is 6. The molecule has 0 fully saturated rings. The molecule has 160 valence electrons. The lowest BCUT2D eigenvalue weighted by atomic mass is 10.0. The number of hydrogen-bond acceptors (Lipinski definition) is 5. The molecule has 0 saturated carbocycles. The molecular weight excluding hydrogens is 410 g/mol. The Kier molecular flexibility index (Phi) is 6.05. The van der Waals surface area contributed by atoms with Crippen LogP contribution in [0.25, 0.3) is 10.9 Å². The van der Waals surface area contributed by atoms with E-state index in [9.17, 15) is 18.5 Å². The maximum atomic E-state index is 13.7. The summed E-state index contributed by atoms with van der Waals surface area (Å²) in [5.41, 5.74) is 2.09. The molecule has 0 saturated heterocycles. The van der Waals surface area contributed by atoms with Crippen LogP contribution in [0.1, 0.15) is 41.4 Å². The molecule has 0 aliphatic rings. The van der Waals surface area contributed by atoms with Gasteiger partial charge in [-0.3, -0.25) is 4.79 Å². The number of fused-ring (bicyclic) bond motifs is 1. The standard InChI is InChI=1S/C24H25N3O3S/c1-16(2)18-8-9-19-13-23(24(28)20(14-25)15-26(4)5)27(22(19)12-18)31(29,30)21-10-6-17(3)7-11-21/h6-13,15-16H,1-5H3. The van der Waals surface area contributed by atoms with Crippen molar-refractivity contribution in [1.29, 1.82) is 5.26 Å². The number of nitrogens with zero attached hydrogens (tertiary/aromatic N) is 3. The van der Waals surface area contributed by atoms with Gasteiger partial charge in [-0.25, -0.2) is 12.4 Å². The zero-order valence-corrected chi connectivity index (χ0v) is 19.1. The average Bonchev–Trinajstić information content (AvgIpc) is 3.11. The van der Waals surface area contributed by atoms with E-state index in [1.54, 1.807) is 37.2 Å². The fraction of sp³-hybridized carbons (Fsp3) is 0.250. The van der Waals surface area contributed by atoms with E-state index in [1.165, 1.54) is 24.4 Å². The molecule has 0 atom stereocenters. The molecule has 0 aliphatic carbocycles. The third-order valence-electron chi connectivity index (χ3n) is 5.00. The summed E-state index contributed by atoms with van der Waals surface area (Å²) in [7, 11) is -0.697. The number of allylic oxidation sites excluding steroid dienone is 1. The molecule has 0 unspecified atom stereocenters. The maximum Gasteiger partial charge on any atom is 0.268 e. The van der Waals surface area contributed by atoms with Crippen molar-refractivity contribution in [2.24, 2.45) is 0 Å². The Morgan fingerprint density at radius 3 is 2.29 bits per heavy atom. The highest BCUT2D eigenvalue weighted by Gasteiger charge is 2.28. The average molecular weight is 436 g/mol. The van der Waals surface area contributed by atoms with E-state index < -0.39 is 15.8 Å². The number of aryl methyl sites for hydroxylation is 1. The Labute approximate surface area is 183 Å². The van der Waals surface area contributed by atoms with Crippen LogP contribution < -0.4 is 0 Å². The molecule has 7 heteroatoms. The van der Waals surface area contributed by atoms with Gasteiger partial charge in [-0.2, -0.15) is 5.26 Å². The van der Waals surface area contributed by atoms with Crippen molar-refractivity contribution in [3.63, 3.8) is 0 Å². The Balaban J connectivity index is 2.37. The fourth-order valence-electron chi connectivity index (χ4n) is 3.32. The number of carbonyl (C=O) groups is 1. The summed E-state index contributed by atoms with van der Waals surface area (Å²) < 4.78 is 28.4. The van der Waals surface area contributed by atoms with Crippen molar-refractivity contribution in [2.45, 2.75) is 31.6 Å². The number of benzene rings is 2. The van der Waals surface area contributed by atoms with E-state index in [1.807, 2.05) is 39.0 Å². The summed E-state index contributed by atoms with van der Waals surface area (Å²) in [5.74, 6) is -0.466. The molecule has 2 aromatic carbocycles. The van der Waals surface area contributed by atoms with Crippen molar-refractivity contribution in [1.82, 2.24) is 8.87 Å².